The van der Waals surface area contributed by atoms with Gasteiger partial charge in [0.15, 0.2) is 10.9 Å². The molecule has 4 rings (SSSR count). The van der Waals surface area contributed by atoms with Crippen LogP contribution < -0.4 is 10.1 Å². The van der Waals surface area contributed by atoms with Crippen molar-refractivity contribution in [3.05, 3.63) is 82.9 Å². The average molecular weight is 573 g/mol. The molecule has 0 aliphatic carbocycles. The number of aryl methyl sites for hydroxylation is 2. The summed E-state index contributed by atoms with van der Waals surface area (Å²) in [6.07, 6.45) is -4.83. The number of hydrogen-bond acceptors (Lipinski definition) is 9. The van der Waals surface area contributed by atoms with Gasteiger partial charge in [0.05, 0.1) is 23.6 Å². The molecule has 0 aliphatic heterocycles. The van der Waals surface area contributed by atoms with E-state index >= 15 is 0 Å². The maximum atomic E-state index is 13.2. The first-order chi connectivity index (χ1) is 19.0. The number of hydrogen-bond donors (Lipinski definition) is 1. The van der Waals surface area contributed by atoms with Crippen LogP contribution in [0.1, 0.15) is 44.9 Å². The lowest BCUT2D eigenvalue weighted by Crippen LogP contribution is -2.17. The molecule has 0 unspecified atom stereocenters. The standard InChI is InChI=1S/C26H23F3N6O4S/c1-4-38-24(37)17-5-7-18(8-6-17)32-23(36)22-21(14-40-25-30-15(2)13-16(3)31-25)35(34-33-22)19-9-11-20(12-10-19)39-26(27,28)29/h5-13H,4,14H2,1-3H3,(H,32,36). The maximum absolute atomic E-state index is 13.2. The van der Waals surface area contributed by atoms with E-state index in [2.05, 4.69) is 30.3 Å². The number of nitrogens with zero attached hydrogens (tertiary/aromatic N) is 5. The maximum Gasteiger partial charge on any atom is 0.573 e. The largest absolute Gasteiger partial charge is 0.573 e. The van der Waals surface area contributed by atoms with Gasteiger partial charge in [-0.1, -0.05) is 17.0 Å². The van der Waals surface area contributed by atoms with Gasteiger partial charge in [0.1, 0.15) is 5.75 Å². The number of carbonyl (C=O) groups is 2. The van der Waals surface area contributed by atoms with E-state index in [-0.39, 0.29) is 18.1 Å². The predicted molar refractivity (Wildman–Crippen MR) is 139 cm³/mol. The van der Waals surface area contributed by atoms with Gasteiger partial charge in [-0.15, -0.1) is 18.3 Å². The number of ether oxygens (including phenoxy) is 2. The third-order valence-electron chi connectivity index (χ3n) is 5.25. The second kappa shape index (κ2) is 12.2. The highest BCUT2D eigenvalue weighted by Crippen LogP contribution is 2.27. The van der Waals surface area contributed by atoms with Crippen LogP contribution >= 0.6 is 11.8 Å². The first-order valence-electron chi connectivity index (χ1n) is 11.9. The van der Waals surface area contributed by atoms with Gasteiger partial charge < -0.3 is 14.8 Å². The molecule has 208 valence electrons. The molecule has 0 fully saturated rings. The topological polar surface area (TPSA) is 121 Å². The van der Waals surface area contributed by atoms with Crippen molar-refractivity contribution in [1.29, 1.82) is 0 Å². The summed E-state index contributed by atoms with van der Waals surface area (Å²) in [6, 6.07) is 13.0. The molecule has 40 heavy (non-hydrogen) atoms. The van der Waals surface area contributed by atoms with Crippen LogP contribution in [0.4, 0.5) is 18.9 Å². The molecule has 0 bridgehead atoms. The number of rotatable bonds is 9. The quantitative estimate of drug-likeness (QED) is 0.162. The van der Waals surface area contributed by atoms with Gasteiger partial charge in [-0.25, -0.2) is 19.4 Å². The minimum atomic E-state index is -4.83. The van der Waals surface area contributed by atoms with Crippen LogP contribution in [0, 0.1) is 13.8 Å². The van der Waals surface area contributed by atoms with Crippen LogP contribution in [-0.4, -0.2) is 49.8 Å². The van der Waals surface area contributed by atoms with Gasteiger partial charge in [-0.3, -0.25) is 4.79 Å². The Morgan fingerprint density at radius 2 is 1.65 bits per heavy atom. The number of alkyl halides is 3. The molecular formula is C26H23F3N6O4S. The van der Waals surface area contributed by atoms with Crippen molar-refractivity contribution in [2.45, 2.75) is 38.0 Å². The fourth-order valence-electron chi connectivity index (χ4n) is 3.59. The average Bonchev–Trinajstić information content (AvgIpc) is 3.31. The molecule has 4 aromatic rings. The lowest BCUT2D eigenvalue weighted by atomic mass is 10.2. The smallest absolute Gasteiger partial charge is 0.462 e. The molecule has 1 amide bonds. The Morgan fingerprint density at radius 3 is 2.25 bits per heavy atom. The zero-order valence-electron chi connectivity index (χ0n) is 21.5. The first-order valence-corrected chi connectivity index (χ1v) is 12.9. The van der Waals surface area contributed by atoms with Crippen LogP contribution in [0.5, 0.6) is 5.75 Å². The van der Waals surface area contributed by atoms with E-state index in [1.165, 1.54) is 40.7 Å². The second-order valence-corrected chi connectivity index (χ2v) is 9.25. The third kappa shape index (κ3) is 7.34. The Hall–Kier alpha value is -4.46. The van der Waals surface area contributed by atoms with E-state index < -0.39 is 24.0 Å². The van der Waals surface area contributed by atoms with Crippen molar-refractivity contribution in [2.24, 2.45) is 0 Å². The third-order valence-corrected chi connectivity index (χ3v) is 6.11. The van der Waals surface area contributed by atoms with E-state index in [0.717, 1.165) is 23.5 Å². The number of benzene rings is 2. The number of anilines is 1. The minimum Gasteiger partial charge on any atom is -0.462 e. The summed E-state index contributed by atoms with van der Waals surface area (Å²) >= 11 is 1.25. The normalized spacial score (nSPS) is 11.2. The second-order valence-electron chi connectivity index (χ2n) is 8.31. The molecule has 14 heteroatoms. The molecule has 0 spiro atoms. The summed E-state index contributed by atoms with van der Waals surface area (Å²) < 4.78 is 48.0. The van der Waals surface area contributed by atoms with Crippen molar-refractivity contribution < 1.29 is 32.2 Å². The van der Waals surface area contributed by atoms with Crippen molar-refractivity contribution in [3.63, 3.8) is 0 Å². The molecule has 10 nitrogen and oxygen atoms in total. The summed E-state index contributed by atoms with van der Waals surface area (Å²) in [7, 11) is 0. The Kier molecular flexibility index (Phi) is 8.67. The zero-order chi connectivity index (χ0) is 28.9. The van der Waals surface area contributed by atoms with Gasteiger partial charge >= 0.3 is 12.3 Å². The van der Waals surface area contributed by atoms with Crippen LogP contribution in [0.3, 0.4) is 0 Å². The van der Waals surface area contributed by atoms with Crippen LogP contribution in [0.25, 0.3) is 5.69 Å². The molecular weight excluding hydrogens is 549 g/mol. The van der Waals surface area contributed by atoms with Crippen molar-refractivity contribution in [2.75, 3.05) is 11.9 Å². The Bertz CT molecular complexity index is 1490. The van der Waals surface area contributed by atoms with Gasteiger partial charge in [0.25, 0.3) is 5.91 Å². The van der Waals surface area contributed by atoms with Crippen molar-refractivity contribution in [3.8, 4) is 11.4 Å². The Morgan fingerprint density at radius 1 is 1.00 bits per heavy atom. The number of halogens is 3. The monoisotopic (exact) mass is 572 g/mol. The molecule has 2 heterocycles. The summed E-state index contributed by atoms with van der Waals surface area (Å²) in [5.74, 6) is -1.30. The van der Waals surface area contributed by atoms with E-state index in [1.807, 2.05) is 19.9 Å². The van der Waals surface area contributed by atoms with E-state index in [9.17, 15) is 22.8 Å². The fraction of sp³-hybridized carbons (Fsp3) is 0.231. The SMILES string of the molecule is CCOC(=O)c1ccc(NC(=O)c2nnn(-c3ccc(OC(F)(F)F)cc3)c2CSc2nc(C)cc(C)n2)cc1. The van der Waals surface area contributed by atoms with Gasteiger partial charge in [0, 0.05) is 22.8 Å². The molecule has 0 saturated heterocycles. The summed E-state index contributed by atoms with van der Waals surface area (Å²) in [5.41, 5.74) is 2.97. The summed E-state index contributed by atoms with van der Waals surface area (Å²) in [5, 5.41) is 11.3. The molecule has 0 atom stereocenters. The number of amides is 1. The van der Waals surface area contributed by atoms with Crippen molar-refractivity contribution >= 4 is 29.3 Å². The predicted octanol–water partition coefficient (Wildman–Crippen LogP) is 5.29. The Labute approximate surface area is 230 Å². The van der Waals surface area contributed by atoms with Crippen LogP contribution in [-0.2, 0) is 10.5 Å². The first kappa shape index (κ1) is 28.5. The van der Waals surface area contributed by atoms with E-state index in [0.29, 0.717) is 27.8 Å². The van der Waals surface area contributed by atoms with Crippen LogP contribution in [0.15, 0.2) is 59.8 Å². The van der Waals surface area contributed by atoms with Gasteiger partial charge in [-0.05, 0) is 75.4 Å². The van der Waals surface area contributed by atoms with Gasteiger partial charge in [0.2, 0.25) is 0 Å². The van der Waals surface area contributed by atoms with Crippen LogP contribution in [0.2, 0.25) is 0 Å². The van der Waals surface area contributed by atoms with E-state index in [4.69, 9.17) is 4.74 Å². The number of esters is 1. The Balaban J connectivity index is 1.62. The highest BCUT2D eigenvalue weighted by molar-refractivity contribution is 7.98. The zero-order valence-corrected chi connectivity index (χ0v) is 22.3. The lowest BCUT2D eigenvalue weighted by molar-refractivity contribution is -0.274. The minimum absolute atomic E-state index is 0.0121. The number of aromatic nitrogens is 5. The molecule has 0 radical (unpaired) electrons. The molecule has 0 saturated carbocycles. The summed E-state index contributed by atoms with van der Waals surface area (Å²) in [6.45, 7) is 5.61. The van der Waals surface area contributed by atoms with Gasteiger partial charge in [-0.2, -0.15) is 0 Å². The lowest BCUT2D eigenvalue weighted by Gasteiger charge is -2.11. The van der Waals surface area contributed by atoms with E-state index in [1.54, 1.807) is 19.1 Å². The molecule has 1 N–H and O–H groups in total. The molecule has 2 aromatic carbocycles. The molecule has 0 aliphatic rings. The van der Waals surface area contributed by atoms with Crippen molar-refractivity contribution in [1.82, 2.24) is 25.0 Å². The fourth-order valence-corrected chi connectivity index (χ4v) is 4.53. The highest BCUT2D eigenvalue weighted by Gasteiger charge is 2.31. The highest BCUT2D eigenvalue weighted by atomic mass is 32.2. The number of carbonyl (C=O) groups excluding carboxylic acids is 2. The molecule has 2 aromatic heterocycles. The number of nitrogens with one attached hydrogen (secondary N) is 1. The summed E-state index contributed by atoms with van der Waals surface area (Å²) in [4.78, 5) is 33.9. The number of thioether (sulfide) groups is 1.